The smallest absolute Gasteiger partial charge is 0.326 e. The van der Waals surface area contributed by atoms with Crippen LogP contribution in [0.25, 0.3) is 0 Å². The Morgan fingerprint density at radius 2 is 1.90 bits per heavy atom. The Kier molecular flexibility index (Phi) is 7.87. The number of aromatic nitrogens is 1. The topological polar surface area (TPSA) is 146 Å². The zero-order valence-electron chi connectivity index (χ0n) is 21.7. The number of carboxylic acids is 1. The summed E-state index contributed by atoms with van der Waals surface area (Å²) in [6.45, 7) is 0.554. The number of amides is 2. The normalized spacial score (nSPS) is 15.0. The maximum Gasteiger partial charge on any atom is 0.326 e. The number of benzene rings is 2. The molecule has 2 aromatic carbocycles. The number of sulfone groups is 1. The van der Waals surface area contributed by atoms with Crippen LogP contribution in [0.4, 0.5) is 5.82 Å². The molecule has 0 unspecified atom stereocenters. The van der Waals surface area contributed by atoms with Crippen molar-refractivity contribution in [2.75, 3.05) is 12.8 Å². The van der Waals surface area contributed by atoms with Crippen LogP contribution in [0.15, 0.2) is 58.5 Å². The van der Waals surface area contributed by atoms with Gasteiger partial charge in [0, 0.05) is 43.9 Å². The van der Waals surface area contributed by atoms with E-state index in [-0.39, 0.29) is 39.4 Å². The Morgan fingerprint density at radius 3 is 2.61 bits per heavy atom. The van der Waals surface area contributed by atoms with Crippen LogP contribution in [0.2, 0.25) is 10.0 Å². The molecule has 1 aromatic heterocycles. The molecule has 2 N–H and O–H groups in total. The van der Waals surface area contributed by atoms with Gasteiger partial charge in [-0.05, 0) is 47.4 Å². The van der Waals surface area contributed by atoms with Crippen LogP contribution < -0.4 is 5.32 Å². The van der Waals surface area contributed by atoms with Gasteiger partial charge in [-0.15, -0.1) is 0 Å². The number of rotatable bonds is 7. The molecule has 212 valence electrons. The predicted molar refractivity (Wildman–Crippen MR) is 153 cm³/mol. The number of carbonyl (C=O) groups excluding carboxylic acids is 2. The molecule has 2 aliphatic heterocycles. The Hall–Kier alpha value is -3.80. The van der Waals surface area contributed by atoms with Crippen LogP contribution in [0.1, 0.15) is 32.6 Å². The van der Waals surface area contributed by atoms with Gasteiger partial charge in [0.25, 0.3) is 11.8 Å². The van der Waals surface area contributed by atoms with Gasteiger partial charge in [0.05, 0.1) is 20.5 Å². The van der Waals surface area contributed by atoms with Crippen LogP contribution in [0, 0.1) is 0 Å². The lowest BCUT2D eigenvalue weighted by atomic mass is 9.95. The van der Waals surface area contributed by atoms with Crippen LogP contribution in [0.3, 0.4) is 0 Å². The van der Waals surface area contributed by atoms with Gasteiger partial charge in [0.1, 0.15) is 11.8 Å². The first-order valence-corrected chi connectivity index (χ1v) is 15.2. The third-order valence-corrected chi connectivity index (χ3v) is 8.83. The zero-order valence-corrected chi connectivity index (χ0v) is 24.1. The lowest BCUT2D eigenvalue weighted by Gasteiger charge is -2.30. The number of carboxylic acid groups (broad SMARTS) is 1. The highest BCUT2D eigenvalue weighted by molar-refractivity contribution is 7.90. The van der Waals surface area contributed by atoms with Crippen molar-refractivity contribution in [3.63, 3.8) is 0 Å². The van der Waals surface area contributed by atoms with Crippen LogP contribution >= 0.6 is 23.2 Å². The number of aliphatic imine (C=N–C) groups is 1. The van der Waals surface area contributed by atoms with E-state index in [1.807, 2.05) is 6.07 Å². The Balaban J connectivity index is 1.33. The summed E-state index contributed by atoms with van der Waals surface area (Å²) in [6, 6.07) is 9.73. The van der Waals surface area contributed by atoms with E-state index in [1.54, 1.807) is 29.3 Å². The van der Waals surface area contributed by atoms with E-state index in [9.17, 15) is 27.9 Å². The molecule has 5 rings (SSSR count). The lowest BCUT2D eigenvalue weighted by molar-refractivity contribution is -0.139. The van der Waals surface area contributed by atoms with Crippen molar-refractivity contribution in [2.24, 2.45) is 4.99 Å². The largest absolute Gasteiger partial charge is 0.480 e. The molecule has 3 heterocycles. The summed E-state index contributed by atoms with van der Waals surface area (Å²) in [7, 11) is -3.50. The number of nitrogens with one attached hydrogen (secondary N) is 1. The van der Waals surface area contributed by atoms with Gasteiger partial charge in [-0.25, -0.2) is 23.2 Å². The maximum atomic E-state index is 13.2. The van der Waals surface area contributed by atoms with E-state index in [4.69, 9.17) is 23.2 Å². The monoisotopic (exact) mass is 614 g/mol. The molecule has 0 saturated heterocycles. The van der Waals surface area contributed by atoms with Gasteiger partial charge in [0.2, 0.25) is 0 Å². The van der Waals surface area contributed by atoms with Crippen molar-refractivity contribution in [3.8, 4) is 0 Å². The van der Waals surface area contributed by atoms with Crippen LogP contribution in [-0.4, -0.2) is 65.7 Å². The molecule has 0 fully saturated rings. The zero-order chi connectivity index (χ0) is 29.5. The average Bonchev–Trinajstić information content (AvgIpc) is 3.36. The molecule has 0 bridgehead atoms. The van der Waals surface area contributed by atoms with Crippen molar-refractivity contribution < 1.29 is 27.9 Å². The molecular weight excluding hydrogens is 591 g/mol. The Morgan fingerprint density at radius 1 is 1.12 bits per heavy atom. The van der Waals surface area contributed by atoms with E-state index >= 15 is 0 Å². The second-order valence-corrected chi connectivity index (χ2v) is 12.7. The van der Waals surface area contributed by atoms with E-state index < -0.39 is 27.8 Å². The average molecular weight is 615 g/mol. The van der Waals surface area contributed by atoms with Gasteiger partial charge < -0.3 is 15.3 Å². The second-order valence-electron chi connectivity index (χ2n) is 9.87. The van der Waals surface area contributed by atoms with Gasteiger partial charge in [-0.1, -0.05) is 41.4 Å². The quantitative estimate of drug-likeness (QED) is 0.414. The van der Waals surface area contributed by atoms with Crippen molar-refractivity contribution in [2.45, 2.75) is 36.7 Å². The fourth-order valence-electron chi connectivity index (χ4n) is 4.93. The van der Waals surface area contributed by atoms with Crippen LogP contribution in [-0.2, 0) is 45.2 Å². The summed E-state index contributed by atoms with van der Waals surface area (Å²) in [5.41, 5.74) is 2.97. The molecule has 0 radical (unpaired) electrons. The Labute approximate surface area is 245 Å². The first-order valence-electron chi connectivity index (χ1n) is 12.6. The summed E-state index contributed by atoms with van der Waals surface area (Å²) in [5.74, 6) is -1.77. The molecule has 2 aliphatic rings. The van der Waals surface area contributed by atoms with E-state index in [0.29, 0.717) is 47.6 Å². The van der Waals surface area contributed by atoms with Crippen molar-refractivity contribution in [1.29, 1.82) is 0 Å². The molecule has 41 heavy (non-hydrogen) atoms. The number of hydrogen-bond acceptors (Lipinski definition) is 7. The SMILES string of the molecule is CS(=O)(=O)c1cccc(C[C@H](NC(=O)c2c(Cl)cc3c(c2Cl)CCN(C(=O)C2=Nc4ncccc4C2)C3)C(=O)O)c1. The van der Waals surface area contributed by atoms with Gasteiger partial charge in [-0.2, -0.15) is 0 Å². The number of hydrogen-bond donors (Lipinski definition) is 2. The van der Waals surface area contributed by atoms with E-state index in [2.05, 4.69) is 15.3 Å². The van der Waals surface area contributed by atoms with Crippen molar-refractivity contribution in [3.05, 3.63) is 86.5 Å². The summed E-state index contributed by atoms with van der Waals surface area (Å²) in [5, 5.41) is 12.3. The predicted octanol–water partition coefficient (Wildman–Crippen LogP) is 3.43. The number of carbonyl (C=O) groups is 3. The van der Waals surface area contributed by atoms with E-state index in [0.717, 1.165) is 11.8 Å². The number of pyridine rings is 1. The first kappa shape index (κ1) is 28.7. The lowest BCUT2D eigenvalue weighted by Crippen LogP contribution is -2.43. The molecule has 1 atom stereocenters. The summed E-state index contributed by atoms with van der Waals surface area (Å²) in [6.07, 6.45) is 3.27. The Bertz CT molecular complexity index is 1740. The summed E-state index contributed by atoms with van der Waals surface area (Å²) < 4.78 is 23.8. The number of fused-ring (bicyclic) bond motifs is 2. The summed E-state index contributed by atoms with van der Waals surface area (Å²) in [4.78, 5) is 48.7. The minimum Gasteiger partial charge on any atom is -0.480 e. The van der Waals surface area contributed by atoms with Gasteiger partial charge in [-0.3, -0.25) is 9.59 Å². The van der Waals surface area contributed by atoms with E-state index in [1.165, 1.54) is 18.2 Å². The summed E-state index contributed by atoms with van der Waals surface area (Å²) >= 11 is 13.1. The minimum absolute atomic E-state index is 0.0126. The fourth-order valence-corrected chi connectivity index (χ4v) is 6.38. The standard InChI is InChI=1S/C28H24Cl2N4O6S/c1-41(39,40)18-6-2-4-15(10-18)11-22(28(37)38)33-26(35)23-20(29)12-17-14-34(9-7-19(17)24(23)30)27(36)21-13-16-5-3-8-31-25(16)32-21/h2-6,8,10,12,22H,7,9,11,13-14H2,1H3,(H,33,35)(H,37,38)/t22-/m0/s1. The molecule has 10 nitrogen and oxygen atoms in total. The first-order chi connectivity index (χ1) is 19.4. The third-order valence-electron chi connectivity index (χ3n) is 7.00. The molecule has 0 saturated carbocycles. The number of nitrogens with zero attached hydrogens (tertiary/aromatic N) is 3. The third kappa shape index (κ3) is 5.97. The molecule has 2 amide bonds. The highest BCUT2D eigenvalue weighted by atomic mass is 35.5. The van der Waals surface area contributed by atoms with Crippen LogP contribution in [0.5, 0.6) is 0 Å². The molecule has 13 heteroatoms. The highest BCUT2D eigenvalue weighted by Gasteiger charge is 2.32. The molecule has 0 aliphatic carbocycles. The van der Waals surface area contributed by atoms with Gasteiger partial charge >= 0.3 is 5.97 Å². The molecule has 0 spiro atoms. The fraction of sp³-hybridized carbons (Fsp3) is 0.250. The molecule has 3 aromatic rings. The minimum atomic E-state index is -3.50. The second kappa shape index (κ2) is 11.2. The van der Waals surface area contributed by atoms with Crippen molar-refractivity contribution in [1.82, 2.24) is 15.2 Å². The maximum absolute atomic E-state index is 13.2. The number of aliphatic carboxylic acids is 1. The molecular formula is C28H24Cl2N4O6S. The van der Waals surface area contributed by atoms with Gasteiger partial charge in [0.15, 0.2) is 15.7 Å². The number of halogens is 2. The van der Waals surface area contributed by atoms with Crippen molar-refractivity contribution >= 4 is 62.4 Å². The highest BCUT2D eigenvalue weighted by Crippen LogP contribution is 2.35.